The van der Waals surface area contributed by atoms with Gasteiger partial charge in [0.2, 0.25) is 0 Å². The van der Waals surface area contributed by atoms with Gasteiger partial charge in [0.05, 0.1) is 5.56 Å². The van der Waals surface area contributed by atoms with Crippen LogP contribution in [0.4, 0.5) is 0 Å². The Hall–Kier alpha value is -1.13. The molecule has 0 bridgehead atoms. The van der Waals surface area contributed by atoms with Gasteiger partial charge in [0.25, 0.3) is 0 Å². The lowest BCUT2D eigenvalue weighted by Gasteiger charge is -2.19. The van der Waals surface area contributed by atoms with Gasteiger partial charge in [-0.1, -0.05) is 11.6 Å². The molecule has 0 radical (unpaired) electrons. The van der Waals surface area contributed by atoms with Gasteiger partial charge in [-0.25, -0.2) is 9.78 Å². The third kappa shape index (κ3) is 2.03. The van der Waals surface area contributed by atoms with Crippen molar-refractivity contribution < 1.29 is 9.90 Å². The van der Waals surface area contributed by atoms with Crippen molar-refractivity contribution in [2.45, 2.75) is 18.9 Å². The van der Waals surface area contributed by atoms with Crippen LogP contribution in [0.25, 0.3) is 0 Å². The van der Waals surface area contributed by atoms with Gasteiger partial charge in [-0.15, -0.1) is 0 Å². The number of aromatic nitrogens is 1. The Morgan fingerprint density at radius 3 is 3.00 bits per heavy atom. The smallest absolute Gasteiger partial charge is 0.338 e. The van der Waals surface area contributed by atoms with Crippen LogP contribution in [0.15, 0.2) is 12.3 Å². The molecule has 1 saturated heterocycles. The zero-order valence-corrected chi connectivity index (χ0v) is 9.74. The van der Waals surface area contributed by atoms with E-state index in [0.29, 0.717) is 0 Å². The fraction of sp³-hybridized carbons (Fsp3) is 0.455. The summed E-state index contributed by atoms with van der Waals surface area (Å²) >= 11 is 5.73. The molecule has 2 heterocycles. The van der Waals surface area contributed by atoms with Gasteiger partial charge in [0, 0.05) is 12.2 Å². The van der Waals surface area contributed by atoms with E-state index in [1.807, 2.05) is 7.05 Å². The van der Waals surface area contributed by atoms with Crippen molar-refractivity contribution in [2.75, 3.05) is 13.6 Å². The Morgan fingerprint density at radius 2 is 2.44 bits per heavy atom. The van der Waals surface area contributed by atoms with Gasteiger partial charge in [-0.3, -0.25) is 4.90 Å². The number of hydrogen-bond acceptors (Lipinski definition) is 3. The Labute approximate surface area is 98.9 Å². The van der Waals surface area contributed by atoms with E-state index < -0.39 is 5.97 Å². The first-order chi connectivity index (χ1) is 7.59. The van der Waals surface area contributed by atoms with Crippen LogP contribution in [0.5, 0.6) is 0 Å². The van der Waals surface area contributed by atoms with Gasteiger partial charge in [0.15, 0.2) is 0 Å². The molecule has 86 valence electrons. The minimum absolute atomic E-state index is 0.0527. The van der Waals surface area contributed by atoms with Gasteiger partial charge in [-0.05, 0) is 38.1 Å². The number of aromatic carboxylic acids is 1. The third-order valence-corrected chi connectivity index (χ3v) is 3.30. The average Bonchev–Trinajstić information content (AvgIpc) is 2.65. The number of hydrogen-bond donors (Lipinski definition) is 1. The largest absolute Gasteiger partial charge is 0.478 e. The van der Waals surface area contributed by atoms with E-state index in [0.717, 1.165) is 24.9 Å². The van der Waals surface area contributed by atoms with Crippen molar-refractivity contribution in [1.82, 2.24) is 9.88 Å². The number of nitrogens with zero attached hydrogens (tertiary/aromatic N) is 2. The van der Waals surface area contributed by atoms with Crippen LogP contribution < -0.4 is 0 Å². The molecule has 0 aliphatic carbocycles. The zero-order valence-electron chi connectivity index (χ0n) is 8.98. The van der Waals surface area contributed by atoms with Crippen molar-refractivity contribution >= 4 is 17.6 Å². The predicted octanol–water partition coefficient (Wildman–Crippen LogP) is 2.20. The van der Waals surface area contributed by atoms with Crippen molar-refractivity contribution in [3.05, 3.63) is 28.5 Å². The van der Waals surface area contributed by atoms with Gasteiger partial charge < -0.3 is 5.11 Å². The second kappa shape index (κ2) is 4.39. The molecule has 1 fully saturated rings. The van der Waals surface area contributed by atoms with Crippen molar-refractivity contribution in [3.63, 3.8) is 0 Å². The molecule has 0 aromatic carbocycles. The fourth-order valence-electron chi connectivity index (χ4n) is 2.13. The topological polar surface area (TPSA) is 53.4 Å². The Morgan fingerprint density at radius 1 is 1.69 bits per heavy atom. The first-order valence-corrected chi connectivity index (χ1v) is 5.56. The predicted molar refractivity (Wildman–Crippen MR) is 60.8 cm³/mol. The first kappa shape index (κ1) is 11.4. The van der Waals surface area contributed by atoms with E-state index in [-0.39, 0.29) is 16.8 Å². The normalized spacial score (nSPS) is 21.2. The highest BCUT2D eigenvalue weighted by Gasteiger charge is 2.24. The monoisotopic (exact) mass is 240 g/mol. The second-order valence-corrected chi connectivity index (χ2v) is 4.41. The van der Waals surface area contributed by atoms with E-state index >= 15 is 0 Å². The summed E-state index contributed by atoms with van der Waals surface area (Å²) in [6.07, 6.45) is 3.84. The SMILES string of the molecule is CN1CCCC1c1cnc(Cl)c(C(=O)O)c1. The molecule has 16 heavy (non-hydrogen) atoms. The highest BCUT2D eigenvalue weighted by Crippen LogP contribution is 2.31. The van der Waals surface area contributed by atoms with E-state index in [1.165, 1.54) is 0 Å². The van der Waals surface area contributed by atoms with Crippen molar-refractivity contribution in [2.24, 2.45) is 0 Å². The molecular formula is C11H13ClN2O2. The van der Waals surface area contributed by atoms with Crippen molar-refractivity contribution in [3.8, 4) is 0 Å². The second-order valence-electron chi connectivity index (χ2n) is 4.05. The van der Waals surface area contributed by atoms with Gasteiger partial charge in [-0.2, -0.15) is 0 Å². The highest BCUT2D eigenvalue weighted by atomic mass is 35.5. The highest BCUT2D eigenvalue weighted by molar-refractivity contribution is 6.32. The van der Waals surface area contributed by atoms with Crippen LogP contribution >= 0.6 is 11.6 Å². The molecule has 2 rings (SSSR count). The molecule has 5 heteroatoms. The van der Waals surface area contributed by atoms with Gasteiger partial charge in [0.1, 0.15) is 5.15 Å². The molecule has 1 N–H and O–H groups in total. The van der Waals surface area contributed by atoms with E-state index in [1.54, 1.807) is 12.3 Å². The number of likely N-dealkylation sites (tertiary alicyclic amines) is 1. The maximum absolute atomic E-state index is 10.9. The summed E-state index contributed by atoms with van der Waals surface area (Å²) in [6, 6.07) is 1.90. The Balaban J connectivity index is 2.35. The maximum Gasteiger partial charge on any atom is 0.338 e. The molecule has 1 unspecified atom stereocenters. The summed E-state index contributed by atoms with van der Waals surface area (Å²) in [6.45, 7) is 1.04. The maximum atomic E-state index is 10.9. The summed E-state index contributed by atoms with van der Waals surface area (Å²) in [4.78, 5) is 17.1. The average molecular weight is 241 g/mol. The zero-order chi connectivity index (χ0) is 11.7. The van der Waals surface area contributed by atoms with Crippen molar-refractivity contribution in [1.29, 1.82) is 0 Å². The number of halogens is 1. The summed E-state index contributed by atoms with van der Waals surface area (Å²) in [7, 11) is 2.03. The molecule has 4 nitrogen and oxygen atoms in total. The van der Waals surface area contributed by atoms with E-state index in [2.05, 4.69) is 9.88 Å². The number of rotatable bonds is 2. The number of carboxylic acid groups (broad SMARTS) is 1. The molecule has 1 atom stereocenters. The van der Waals surface area contributed by atoms with E-state index in [4.69, 9.17) is 16.7 Å². The summed E-state index contributed by atoms with van der Waals surface area (Å²) in [5, 5.41) is 9.01. The summed E-state index contributed by atoms with van der Waals surface area (Å²) in [5.74, 6) is -1.03. The molecular weight excluding hydrogens is 228 g/mol. The summed E-state index contributed by atoms with van der Waals surface area (Å²) < 4.78 is 0. The lowest BCUT2D eigenvalue weighted by Crippen LogP contribution is -2.18. The van der Waals surface area contributed by atoms with Crippen LogP contribution in [-0.2, 0) is 0 Å². The van der Waals surface area contributed by atoms with Crippen LogP contribution in [0.2, 0.25) is 5.15 Å². The van der Waals surface area contributed by atoms with Crippen LogP contribution in [-0.4, -0.2) is 34.6 Å². The van der Waals surface area contributed by atoms with Crippen LogP contribution in [0.3, 0.4) is 0 Å². The number of carboxylic acids is 1. The first-order valence-electron chi connectivity index (χ1n) is 5.18. The standard InChI is InChI=1S/C11H13ClN2O2/c1-14-4-2-3-9(14)7-5-8(11(15)16)10(12)13-6-7/h5-6,9H,2-4H2,1H3,(H,15,16). The molecule has 1 aliphatic heterocycles. The molecule has 1 aliphatic rings. The molecule has 0 saturated carbocycles. The van der Waals surface area contributed by atoms with Crippen LogP contribution in [0.1, 0.15) is 34.8 Å². The molecule has 1 aromatic heterocycles. The number of carbonyl (C=O) groups is 1. The minimum Gasteiger partial charge on any atom is -0.478 e. The Bertz CT molecular complexity index is 422. The quantitative estimate of drug-likeness (QED) is 0.806. The molecule has 0 spiro atoms. The fourth-order valence-corrected chi connectivity index (χ4v) is 2.31. The third-order valence-electron chi connectivity index (χ3n) is 3.00. The van der Waals surface area contributed by atoms with Crippen LogP contribution in [0, 0.1) is 0 Å². The Kier molecular flexibility index (Phi) is 3.12. The van der Waals surface area contributed by atoms with Gasteiger partial charge >= 0.3 is 5.97 Å². The summed E-state index contributed by atoms with van der Waals surface area (Å²) in [5.41, 5.74) is 1.02. The minimum atomic E-state index is -1.03. The van der Waals surface area contributed by atoms with E-state index in [9.17, 15) is 4.79 Å². The lowest BCUT2D eigenvalue weighted by atomic mass is 10.1. The lowest BCUT2D eigenvalue weighted by molar-refractivity contribution is 0.0696. The molecule has 1 aromatic rings. The number of pyridine rings is 1. The molecule has 0 amide bonds.